The van der Waals surface area contributed by atoms with E-state index in [1.54, 1.807) is 0 Å². The molecule has 0 heterocycles. The zero-order valence-corrected chi connectivity index (χ0v) is 12.6. The molecule has 0 aliphatic carbocycles. The van der Waals surface area contributed by atoms with E-state index in [1.165, 1.54) is 11.1 Å². The molecule has 0 spiro atoms. The van der Waals surface area contributed by atoms with Crippen LogP contribution in [0.2, 0.25) is 0 Å². The van der Waals surface area contributed by atoms with Gasteiger partial charge in [0.25, 0.3) is 0 Å². The standard InChI is InChI=1S/C16H27NO2/c1-5-11-19-14-7-8-15(13(6-2)12-14)16(9-10-18)17(3)4/h7-8,12,16,18H,5-6,9-11H2,1-4H3. The zero-order chi connectivity index (χ0) is 14.3. The second-order valence-electron chi connectivity index (χ2n) is 5.05. The fourth-order valence-corrected chi connectivity index (χ4v) is 2.34. The smallest absolute Gasteiger partial charge is 0.119 e. The van der Waals surface area contributed by atoms with Gasteiger partial charge < -0.3 is 14.7 Å². The maximum Gasteiger partial charge on any atom is 0.119 e. The Morgan fingerprint density at radius 2 is 2.00 bits per heavy atom. The van der Waals surface area contributed by atoms with Gasteiger partial charge in [-0.15, -0.1) is 0 Å². The summed E-state index contributed by atoms with van der Waals surface area (Å²) in [4.78, 5) is 2.16. The summed E-state index contributed by atoms with van der Waals surface area (Å²) in [6, 6.07) is 6.58. The number of aliphatic hydroxyl groups is 1. The molecule has 0 amide bonds. The van der Waals surface area contributed by atoms with Crippen LogP contribution in [0.3, 0.4) is 0 Å². The summed E-state index contributed by atoms with van der Waals surface area (Å²) < 4.78 is 5.69. The summed E-state index contributed by atoms with van der Waals surface area (Å²) >= 11 is 0. The molecule has 0 aliphatic heterocycles. The third kappa shape index (κ3) is 4.51. The average Bonchev–Trinajstić information content (AvgIpc) is 2.42. The van der Waals surface area contributed by atoms with Gasteiger partial charge in [0.1, 0.15) is 5.75 Å². The number of nitrogens with zero attached hydrogens (tertiary/aromatic N) is 1. The Morgan fingerprint density at radius 1 is 1.26 bits per heavy atom. The van der Waals surface area contributed by atoms with E-state index in [4.69, 9.17) is 4.74 Å². The molecule has 3 nitrogen and oxygen atoms in total. The van der Waals surface area contributed by atoms with Crippen molar-refractivity contribution in [1.29, 1.82) is 0 Å². The predicted molar refractivity (Wildman–Crippen MR) is 79.7 cm³/mol. The lowest BCUT2D eigenvalue weighted by Gasteiger charge is -2.26. The van der Waals surface area contributed by atoms with Gasteiger partial charge in [0.2, 0.25) is 0 Å². The van der Waals surface area contributed by atoms with Gasteiger partial charge in [0, 0.05) is 12.6 Å². The molecular weight excluding hydrogens is 238 g/mol. The second-order valence-corrected chi connectivity index (χ2v) is 5.05. The van der Waals surface area contributed by atoms with E-state index in [9.17, 15) is 5.11 Å². The summed E-state index contributed by atoms with van der Waals surface area (Å²) in [6.07, 6.45) is 2.76. The molecule has 108 valence electrons. The monoisotopic (exact) mass is 265 g/mol. The van der Waals surface area contributed by atoms with Gasteiger partial charge in [-0.05, 0) is 56.6 Å². The summed E-state index contributed by atoms with van der Waals surface area (Å²) in [5.74, 6) is 0.948. The largest absolute Gasteiger partial charge is 0.494 e. The zero-order valence-electron chi connectivity index (χ0n) is 12.6. The summed E-state index contributed by atoms with van der Waals surface area (Å²) in [6.45, 7) is 5.24. The minimum absolute atomic E-state index is 0.208. The SMILES string of the molecule is CCCOc1ccc(C(CCO)N(C)C)c(CC)c1. The van der Waals surface area contributed by atoms with Gasteiger partial charge in [0.05, 0.1) is 6.61 Å². The first kappa shape index (κ1) is 16.0. The summed E-state index contributed by atoms with van der Waals surface area (Å²) in [5.41, 5.74) is 2.60. The van der Waals surface area contributed by atoms with Crippen LogP contribution < -0.4 is 4.74 Å². The van der Waals surface area contributed by atoms with E-state index in [1.807, 2.05) is 6.07 Å². The molecule has 1 rings (SSSR count). The topological polar surface area (TPSA) is 32.7 Å². The van der Waals surface area contributed by atoms with Crippen molar-refractivity contribution in [3.63, 3.8) is 0 Å². The minimum Gasteiger partial charge on any atom is -0.494 e. The molecule has 1 aromatic carbocycles. The van der Waals surface area contributed by atoms with Crippen molar-refractivity contribution in [2.75, 3.05) is 27.3 Å². The Kier molecular flexibility index (Phi) is 6.89. The van der Waals surface area contributed by atoms with Crippen LogP contribution in [0.4, 0.5) is 0 Å². The maximum atomic E-state index is 9.23. The minimum atomic E-state index is 0.208. The molecule has 1 N–H and O–H groups in total. The Balaban J connectivity index is 2.99. The molecular formula is C16H27NO2. The number of aliphatic hydroxyl groups excluding tert-OH is 1. The lowest BCUT2D eigenvalue weighted by Crippen LogP contribution is -2.22. The van der Waals surface area contributed by atoms with E-state index in [-0.39, 0.29) is 12.6 Å². The fraction of sp³-hybridized carbons (Fsp3) is 0.625. The number of benzene rings is 1. The van der Waals surface area contributed by atoms with Crippen LogP contribution in [-0.2, 0) is 6.42 Å². The highest BCUT2D eigenvalue weighted by Crippen LogP contribution is 2.28. The third-order valence-corrected chi connectivity index (χ3v) is 3.35. The number of ether oxygens (including phenoxy) is 1. The maximum absolute atomic E-state index is 9.23. The third-order valence-electron chi connectivity index (χ3n) is 3.35. The fourth-order valence-electron chi connectivity index (χ4n) is 2.34. The highest BCUT2D eigenvalue weighted by atomic mass is 16.5. The van der Waals surface area contributed by atoms with Gasteiger partial charge in [0.15, 0.2) is 0 Å². The van der Waals surface area contributed by atoms with Crippen LogP contribution in [0, 0.1) is 0 Å². The average molecular weight is 265 g/mol. The quantitative estimate of drug-likeness (QED) is 0.784. The Morgan fingerprint density at radius 3 is 2.53 bits per heavy atom. The van der Waals surface area contributed by atoms with E-state index >= 15 is 0 Å². The lowest BCUT2D eigenvalue weighted by atomic mass is 9.95. The van der Waals surface area contributed by atoms with Crippen molar-refractivity contribution in [1.82, 2.24) is 4.90 Å². The van der Waals surface area contributed by atoms with Crippen molar-refractivity contribution in [3.8, 4) is 5.75 Å². The van der Waals surface area contributed by atoms with E-state index in [0.717, 1.165) is 31.6 Å². The highest BCUT2D eigenvalue weighted by molar-refractivity contribution is 5.37. The molecule has 0 saturated carbocycles. The molecule has 0 bridgehead atoms. The van der Waals surface area contributed by atoms with Crippen molar-refractivity contribution < 1.29 is 9.84 Å². The predicted octanol–water partition coefficient (Wildman–Crippen LogP) is 3.02. The molecule has 1 atom stereocenters. The summed E-state index contributed by atoms with van der Waals surface area (Å²) in [5, 5.41) is 9.23. The van der Waals surface area contributed by atoms with Crippen molar-refractivity contribution >= 4 is 0 Å². The van der Waals surface area contributed by atoms with Crippen LogP contribution in [0.15, 0.2) is 18.2 Å². The molecule has 0 radical (unpaired) electrons. The molecule has 1 unspecified atom stereocenters. The normalized spacial score (nSPS) is 12.7. The van der Waals surface area contributed by atoms with Crippen LogP contribution in [0.5, 0.6) is 5.75 Å². The van der Waals surface area contributed by atoms with Crippen LogP contribution in [0.1, 0.15) is 43.9 Å². The van der Waals surface area contributed by atoms with Crippen LogP contribution >= 0.6 is 0 Å². The van der Waals surface area contributed by atoms with Crippen LogP contribution in [0.25, 0.3) is 0 Å². The van der Waals surface area contributed by atoms with Gasteiger partial charge in [-0.25, -0.2) is 0 Å². The molecule has 0 fully saturated rings. The molecule has 19 heavy (non-hydrogen) atoms. The molecule has 1 aromatic rings. The molecule has 0 aliphatic rings. The Bertz CT molecular complexity index is 377. The number of hydrogen-bond acceptors (Lipinski definition) is 3. The first-order chi connectivity index (χ1) is 9.13. The number of hydrogen-bond donors (Lipinski definition) is 1. The highest BCUT2D eigenvalue weighted by Gasteiger charge is 2.17. The first-order valence-electron chi connectivity index (χ1n) is 7.16. The Hall–Kier alpha value is -1.06. The van der Waals surface area contributed by atoms with Crippen molar-refractivity contribution in [2.45, 2.75) is 39.2 Å². The van der Waals surface area contributed by atoms with E-state index < -0.39 is 0 Å². The molecule has 3 heteroatoms. The van der Waals surface area contributed by atoms with Crippen molar-refractivity contribution in [3.05, 3.63) is 29.3 Å². The Labute approximate surface area is 117 Å². The lowest BCUT2D eigenvalue weighted by molar-refractivity contribution is 0.210. The van der Waals surface area contributed by atoms with Gasteiger partial charge in [-0.1, -0.05) is 19.9 Å². The van der Waals surface area contributed by atoms with Gasteiger partial charge in [-0.3, -0.25) is 0 Å². The molecule has 0 aromatic heterocycles. The molecule has 0 saturated heterocycles. The van der Waals surface area contributed by atoms with Gasteiger partial charge >= 0.3 is 0 Å². The number of rotatable bonds is 8. The van der Waals surface area contributed by atoms with Crippen LogP contribution in [-0.4, -0.2) is 37.3 Å². The summed E-state index contributed by atoms with van der Waals surface area (Å²) in [7, 11) is 4.11. The van der Waals surface area contributed by atoms with Crippen molar-refractivity contribution in [2.24, 2.45) is 0 Å². The van der Waals surface area contributed by atoms with E-state index in [2.05, 4.69) is 45.0 Å². The first-order valence-corrected chi connectivity index (χ1v) is 7.16. The van der Waals surface area contributed by atoms with Gasteiger partial charge in [-0.2, -0.15) is 0 Å². The number of aryl methyl sites for hydroxylation is 1. The van der Waals surface area contributed by atoms with E-state index in [0.29, 0.717) is 0 Å². The second kappa shape index (κ2) is 8.18.